The third-order valence-corrected chi connectivity index (χ3v) is 1.65. The number of alkyl halides is 1. The van der Waals surface area contributed by atoms with E-state index in [0.29, 0.717) is 5.76 Å². The second kappa shape index (κ2) is 3.58. The highest BCUT2D eigenvalue weighted by atomic mass is 35.5. The van der Waals surface area contributed by atoms with Gasteiger partial charge in [0.15, 0.2) is 5.76 Å². The van der Waals surface area contributed by atoms with Gasteiger partial charge in [-0.25, -0.2) is 0 Å². The summed E-state index contributed by atoms with van der Waals surface area (Å²) >= 11 is 5.33. The normalized spacial score (nSPS) is 10.0. The molecule has 3 heteroatoms. The number of ketones is 1. The summed E-state index contributed by atoms with van der Waals surface area (Å²) in [4.78, 5) is 10.9. The molecule has 0 aromatic carbocycles. The molecule has 0 amide bonds. The van der Waals surface area contributed by atoms with Gasteiger partial charge in [0.05, 0.1) is 5.88 Å². The summed E-state index contributed by atoms with van der Waals surface area (Å²) in [7, 11) is 0. The maximum atomic E-state index is 10.9. The molecule has 1 heterocycles. The van der Waals surface area contributed by atoms with Crippen molar-refractivity contribution in [3.05, 3.63) is 23.7 Å². The highest BCUT2D eigenvalue weighted by Gasteiger charge is 2.07. The lowest BCUT2D eigenvalue weighted by molar-refractivity contribution is 0.0989. The molecule has 60 valence electrons. The van der Waals surface area contributed by atoms with E-state index in [4.69, 9.17) is 16.0 Å². The van der Waals surface area contributed by atoms with Crippen molar-refractivity contribution in [1.82, 2.24) is 0 Å². The number of carbonyl (C=O) groups is 1. The van der Waals surface area contributed by atoms with Gasteiger partial charge in [-0.1, -0.05) is 6.92 Å². The number of hydrogen-bond acceptors (Lipinski definition) is 2. The van der Waals surface area contributed by atoms with E-state index in [1.807, 2.05) is 6.92 Å². The van der Waals surface area contributed by atoms with Gasteiger partial charge in [0.1, 0.15) is 5.76 Å². The Balaban J connectivity index is 2.80. The fourth-order valence-corrected chi connectivity index (χ4v) is 0.915. The lowest BCUT2D eigenvalue weighted by atomic mass is 10.3. The van der Waals surface area contributed by atoms with E-state index in [1.165, 1.54) is 0 Å². The van der Waals surface area contributed by atoms with Gasteiger partial charge >= 0.3 is 0 Å². The number of Topliss-reactive ketones (excluding diaryl/α,β-unsaturated/α-hetero) is 1. The Hall–Kier alpha value is -0.760. The van der Waals surface area contributed by atoms with Crippen molar-refractivity contribution < 1.29 is 9.21 Å². The highest BCUT2D eigenvalue weighted by molar-refractivity contribution is 6.30. The fourth-order valence-electron chi connectivity index (χ4n) is 0.784. The van der Waals surface area contributed by atoms with Crippen LogP contribution in [0, 0.1) is 0 Å². The number of hydrogen-bond donors (Lipinski definition) is 0. The van der Waals surface area contributed by atoms with Gasteiger partial charge in [-0.05, 0) is 12.1 Å². The van der Waals surface area contributed by atoms with Crippen LogP contribution in [0.3, 0.4) is 0 Å². The van der Waals surface area contributed by atoms with Crippen molar-refractivity contribution in [2.24, 2.45) is 0 Å². The first-order valence-electron chi connectivity index (χ1n) is 3.45. The zero-order valence-electron chi connectivity index (χ0n) is 6.26. The second-order valence-corrected chi connectivity index (χ2v) is 2.44. The number of furan rings is 1. The average molecular weight is 173 g/mol. The molecule has 0 aliphatic rings. The summed E-state index contributed by atoms with van der Waals surface area (Å²) in [6.07, 6.45) is 0.801. The van der Waals surface area contributed by atoms with Gasteiger partial charge in [0.2, 0.25) is 5.78 Å². The Labute approximate surface area is 70.2 Å². The lowest BCUT2D eigenvalue weighted by Gasteiger charge is -1.89. The van der Waals surface area contributed by atoms with Crippen molar-refractivity contribution >= 4 is 17.4 Å². The van der Waals surface area contributed by atoms with E-state index in [0.717, 1.165) is 12.2 Å². The molecule has 1 rings (SSSR count). The Bertz CT molecular complexity index is 252. The quantitative estimate of drug-likeness (QED) is 0.517. The minimum Gasteiger partial charge on any atom is -0.458 e. The van der Waals surface area contributed by atoms with Gasteiger partial charge in [-0.15, -0.1) is 11.6 Å². The molecular weight excluding hydrogens is 164 g/mol. The molecule has 0 radical (unpaired) electrons. The summed E-state index contributed by atoms with van der Waals surface area (Å²) in [6.45, 7) is 1.97. The van der Waals surface area contributed by atoms with Gasteiger partial charge in [-0.2, -0.15) is 0 Å². The summed E-state index contributed by atoms with van der Waals surface area (Å²) in [5.74, 6) is 0.998. The van der Waals surface area contributed by atoms with Crippen LogP contribution in [0.4, 0.5) is 0 Å². The van der Waals surface area contributed by atoms with Crippen LogP contribution in [-0.2, 0) is 6.42 Å². The maximum absolute atomic E-state index is 10.9. The molecule has 1 aromatic heterocycles. The summed E-state index contributed by atoms with van der Waals surface area (Å²) < 4.78 is 5.15. The van der Waals surface area contributed by atoms with Crippen molar-refractivity contribution in [1.29, 1.82) is 0 Å². The first-order valence-corrected chi connectivity index (χ1v) is 3.99. The second-order valence-electron chi connectivity index (χ2n) is 2.18. The average Bonchev–Trinajstić information content (AvgIpc) is 2.50. The number of halogens is 1. The van der Waals surface area contributed by atoms with Crippen LogP contribution in [0.15, 0.2) is 16.5 Å². The first-order chi connectivity index (χ1) is 5.27. The van der Waals surface area contributed by atoms with Gasteiger partial charge in [0, 0.05) is 6.42 Å². The Kier molecular flexibility index (Phi) is 2.71. The van der Waals surface area contributed by atoms with Gasteiger partial charge in [0.25, 0.3) is 0 Å². The van der Waals surface area contributed by atoms with E-state index in [2.05, 4.69) is 0 Å². The largest absolute Gasteiger partial charge is 0.458 e. The molecule has 0 aliphatic carbocycles. The topological polar surface area (TPSA) is 30.2 Å². The highest BCUT2D eigenvalue weighted by Crippen LogP contribution is 2.09. The summed E-state index contributed by atoms with van der Waals surface area (Å²) in [5, 5.41) is 0. The Morgan fingerprint density at radius 3 is 2.82 bits per heavy atom. The zero-order valence-corrected chi connectivity index (χ0v) is 7.02. The van der Waals surface area contributed by atoms with Crippen LogP contribution in [0.5, 0.6) is 0 Å². The molecule has 11 heavy (non-hydrogen) atoms. The summed E-state index contributed by atoms with van der Waals surface area (Å²) in [5.41, 5.74) is 0. The smallest absolute Gasteiger partial charge is 0.212 e. The van der Waals surface area contributed by atoms with Crippen molar-refractivity contribution in [2.45, 2.75) is 13.3 Å². The predicted molar refractivity (Wildman–Crippen MR) is 43.1 cm³/mol. The molecule has 0 unspecified atom stereocenters. The predicted octanol–water partition coefficient (Wildman–Crippen LogP) is 2.26. The molecule has 0 atom stereocenters. The molecule has 0 N–H and O–H groups in total. The maximum Gasteiger partial charge on any atom is 0.212 e. The molecule has 0 aliphatic heterocycles. The molecule has 0 saturated carbocycles. The fraction of sp³-hybridized carbons (Fsp3) is 0.375. The SMILES string of the molecule is CCc1ccc(C(=O)CCl)o1. The van der Waals surface area contributed by atoms with Crippen LogP contribution in [0.2, 0.25) is 0 Å². The minimum atomic E-state index is -0.161. The van der Waals surface area contributed by atoms with Gasteiger partial charge in [-0.3, -0.25) is 4.79 Å². The minimum absolute atomic E-state index is 0.0172. The standard InChI is InChI=1S/C8H9ClO2/c1-2-6-3-4-8(11-6)7(10)5-9/h3-4H,2,5H2,1H3. The Morgan fingerprint density at radius 2 is 2.36 bits per heavy atom. The van der Waals surface area contributed by atoms with E-state index >= 15 is 0 Å². The number of carbonyl (C=O) groups excluding carboxylic acids is 1. The molecule has 0 fully saturated rings. The van der Waals surface area contributed by atoms with Crippen LogP contribution in [0.25, 0.3) is 0 Å². The van der Waals surface area contributed by atoms with Crippen molar-refractivity contribution in [3.63, 3.8) is 0 Å². The van der Waals surface area contributed by atoms with E-state index < -0.39 is 0 Å². The van der Waals surface area contributed by atoms with Gasteiger partial charge < -0.3 is 4.42 Å². The third kappa shape index (κ3) is 1.84. The van der Waals surface area contributed by atoms with Crippen molar-refractivity contribution in [3.8, 4) is 0 Å². The van der Waals surface area contributed by atoms with Crippen LogP contribution in [-0.4, -0.2) is 11.7 Å². The monoisotopic (exact) mass is 172 g/mol. The number of rotatable bonds is 3. The van der Waals surface area contributed by atoms with E-state index in [1.54, 1.807) is 12.1 Å². The molecule has 1 aromatic rings. The summed E-state index contributed by atoms with van der Waals surface area (Å²) in [6, 6.07) is 3.45. The molecule has 0 bridgehead atoms. The molecule has 0 spiro atoms. The molecular formula is C8H9ClO2. The molecule has 0 saturated heterocycles. The molecule has 2 nitrogen and oxygen atoms in total. The first kappa shape index (κ1) is 8.34. The third-order valence-electron chi connectivity index (χ3n) is 1.41. The van der Waals surface area contributed by atoms with Crippen LogP contribution < -0.4 is 0 Å². The van der Waals surface area contributed by atoms with Crippen molar-refractivity contribution in [2.75, 3.05) is 5.88 Å². The Morgan fingerprint density at radius 1 is 1.64 bits per heavy atom. The lowest BCUT2D eigenvalue weighted by Crippen LogP contribution is -1.96. The number of aryl methyl sites for hydroxylation is 1. The zero-order chi connectivity index (χ0) is 8.27. The van der Waals surface area contributed by atoms with Crippen LogP contribution >= 0.6 is 11.6 Å². The van der Waals surface area contributed by atoms with Crippen LogP contribution in [0.1, 0.15) is 23.2 Å². The van der Waals surface area contributed by atoms with E-state index in [9.17, 15) is 4.79 Å². The van der Waals surface area contributed by atoms with E-state index in [-0.39, 0.29) is 11.7 Å².